The van der Waals surface area contributed by atoms with Crippen molar-refractivity contribution in [1.82, 2.24) is 4.98 Å². The van der Waals surface area contributed by atoms with E-state index in [-0.39, 0.29) is 0 Å². The zero-order valence-corrected chi connectivity index (χ0v) is 12.7. The molecule has 1 aromatic heterocycles. The van der Waals surface area contributed by atoms with Crippen LogP contribution < -0.4 is 9.46 Å². The fourth-order valence-electron chi connectivity index (χ4n) is 2.13. The molecule has 0 radical (unpaired) electrons. The Labute approximate surface area is 128 Å². The Hall–Kier alpha value is -2.60. The minimum absolute atomic E-state index is 0.395. The summed E-state index contributed by atoms with van der Waals surface area (Å²) in [5, 5.41) is 0.794. The van der Waals surface area contributed by atoms with Crippen molar-refractivity contribution in [2.45, 2.75) is 0 Å². The number of pyridine rings is 1. The first kappa shape index (κ1) is 14.3. The lowest BCUT2D eigenvalue weighted by Gasteiger charge is -2.11. The van der Waals surface area contributed by atoms with Gasteiger partial charge < -0.3 is 4.74 Å². The molecule has 0 saturated heterocycles. The molecule has 22 heavy (non-hydrogen) atoms. The van der Waals surface area contributed by atoms with E-state index in [1.165, 1.54) is 0 Å². The number of para-hydroxylation sites is 1. The Morgan fingerprint density at radius 1 is 1.00 bits per heavy atom. The van der Waals surface area contributed by atoms with Crippen LogP contribution in [0.2, 0.25) is 0 Å². The van der Waals surface area contributed by atoms with Crippen molar-refractivity contribution >= 4 is 26.6 Å². The maximum atomic E-state index is 11.5. The van der Waals surface area contributed by atoms with Crippen molar-refractivity contribution in [3.63, 3.8) is 0 Å². The van der Waals surface area contributed by atoms with E-state index in [9.17, 15) is 8.42 Å². The van der Waals surface area contributed by atoms with Gasteiger partial charge in [-0.25, -0.2) is 8.42 Å². The number of nitrogens with zero attached hydrogens (tertiary/aromatic N) is 1. The van der Waals surface area contributed by atoms with Gasteiger partial charge >= 0.3 is 0 Å². The average molecular weight is 314 g/mol. The van der Waals surface area contributed by atoms with E-state index < -0.39 is 10.0 Å². The van der Waals surface area contributed by atoms with Crippen LogP contribution in [-0.4, -0.2) is 19.7 Å². The van der Waals surface area contributed by atoms with Gasteiger partial charge in [-0.3, -0.25) is 9.71 Å². The molecule has 6 heteroatoms. The lowest BCUT2D eigenvalue weighted by molar-refractivity contribution is 0.483. The van der Waals surface area contributed by atoms with Crippen molar-refractivity contribution in [3.8, 4) is 11.5 Å². The number of hydrogen-bond donors (Lipinski definition) is 1. The van der Waals surface area contributed by atoms with Crippen LogP contribution in [0.25, 0.3) is 10.9 Å². The van der Waals surface area contributed by atoms with Crippen molar-refractivity contribution < 1.29 is 13.2 Å². The first-order valence-electron chi connectivity index (χ1n) is 6.61. The fourth-order valence-corrected chi connectivity index (χ4v) is 2.68. The van der Waals surface area contributed by atoms with Gasteiger partial charge in [0, 0.05) is 17.6 Å². The molecule has 0 bridgehead atoms. The van der Waals surface area contributed by atoms with Gasteiger partial charge in [0.15, 0.2) is 0 Å². The lowest BCUT2D eigenvalue weighted by Crippen LogP contribution is -2.10. The monoisotopic (exact) mass is 314 g/mol. The lowest BCUT2D eigenvalue weighted by atomic mass is 10.2. The first-order chi connectivity index (χ1) is 10.5. The minimum Gasteiger partial charge on any atom is -0.457 e. The third-order valence-electron chi connectivity index (χ3n) is 2.95. The third kappa shape index (κ3) is 3.35. The molecule has 0 aliphatic carbocycles. The molecule has 5 nitrogen and oxygen atoms in total. The molecule has 2 aromatic carbocycles. The van der Waals surface area contributed by atoms with Crippen LogP contribution in [0.5, 0.6) is 11.5 Å². The predicted molar refractivity (Wildman–Crippen MR) is 86.7 cm³/mol. The van der Waals surface area contributed by atoms with E-state index in [0.29, 0.717) is 22.7 Å². The van der Waals surface area contributed by atoms with Gasteiger partial charge in [-0.2, -0.15) is 0 Å². The van der Waals surface area contributed by atoms with Crippen LogP contribution >= 0.6 is 0 Å². The molecule has 0 fully saturated rings. The maximum absolute atomic E-state index is 11.5. The second-order valence-electron chi connectivity index (χ2n) is 4.84. The van der Waals surface area contributed by atoms with E-state index in [0.717, 1.165) is 11.6 Å². The summed E-state index contributed by atoms with van der Waals surface area (Å²) < 4.78 is 31.3. The highest BCUT2D eigenvalue weighted by Gasteiger charge is 2.10. The number of ether oxygens (including phenoxy) is 1. The van der Waals surface area contributed by atoms with Gasteiger partial charge in [-0.05, 0) is 24.3 Å². The van der Waals surface area contributed by atoms with Crippen molar-refractivity contribution in [2.75, 3.05) is 11.0 Å². The van der Waals surface area contributed by atoms with E-state index in [1.807, 2.05) is 42.5 Å². The van der Waals surface area contributed by atoms with E-state index >= 15 is 0 Å². The van der Waals surface area contributed by atoms with E-state index in [1.54, 1.807) is 18.3 Å². The standard InChI is InChI=1S/C16H14N2O3S/c1-22(19,20)18-15-11-14(21-13-7-3-2-4-8-13)10-12-6-5-9-17-16(12)15/h2-11,18H,1H3. The highest BCUT2D eigenvalue weighted by molar-refractivity contribution is 7.92. The Kier molecular flexibility index (Phi) is 3.68. The smallest absolute Gasteiger partial charge is 0.229 e. The molecule has 1 heterocycles. The maximum Gasteiger partial charge on any atom is 0.229 e. The van der Waals surface area contributed by atoms with Gasteiger partial charge in [0.2, 0.25) is 10.0 Å². The molecule has 0 unspecified atom stereocenters. The van der Waals surface area contributed by atoms with Crippen LogP contribution in [0.3, 0.4) is 0 Å². The summed E-state index contributed by atoms with van der Waals surface area (Å²) in [4.78, 5) is 4.23. The van der Waals surface area contributed by atoms with Crippen LogP contribution in [-0.2, 0) is 10.0 Å². The van der Waals surface area contributed by atoms with Gasteiger partial charge in [0.1, 0.15) is 11.5 Å². The SMILES string of the molecule is CS(=O)(=O)Nc1cc(Oc2ccccc2)cc2cccnc12. The molecule has 112 valence electrons. The molecule has 0 atom stereocenters. The zero-order valence-electron chi connectivity index (χ0n) is 11.9. The van der Waals surface area contributed by atoms with Crippen molar-refractivity contribution in [2.24, 2.45) is 0 Å². The molecule has 0 aliphatic heterocycles. The fraction of sp³-hybridized carbons (Fsp3) is 0.0625. The molecule has 0 saturated carbocycles. The zero-order chi connectivity index (χ0) is 15.6. The molecular weight excluding hydrogens is 300 g/mol. The second kappa shape index (κ2) is 5.65. The summed E-state index contributed by atoms with van der Waals surface area (Å²) >= 11 is 0. The predicted octanol–water partition coefficient (Wildman–Crippen LogP) is 3.40. The van der Waals surface area contributed by atoms with Gasteiger partial charge in [-0.15, -0.1) is 0 Å². The summed E-state index contributed by atoms with van der Waals surface area (Å²) in [6.45, 7) is 0. The summed E-state index contributed by atoms with van der Waals surface area (Å²) in [6, 6.07) is 16.4. The number of benzene rings is 2. The molecule has 3 aromatic rings. The highest BCUT2D eigenvalue weighted by Crippen LogP contribution is 2.31. The van der Waals surface area contributed by atoms with Gasteiger partial charge in [-0.1, -0.05) is 24.3 Å². The third-order valence-corrected chi connectivity index (χ3v) is 3.54. The Bertz CT molecular complexity index is 909. The second-order valence-corrected chi connectivity index (χ2v) is 6.58. The number of nitrogens with one attached hydrogen (secondary N) is 1. The van der Waals surface area contributed by atoms with Crippen LogP contribution in [0.1, 0.15) is 0 Å². The summed E-state index contributed by atoms with van der Waals surface area (Å²) in [5.74, 6) is 1.22. The van der Waals surface area contributed by atoms with Gasteiger partial charge in [0.05, 0.1) is 17.5 Å². The average Bonchev–Trinajstić information content (AvgIpc) is 2.47. The van der Waals surface area contributed by atoms with Crippen molar-refractivity contribution in [3.05, 3.63) is 60.8 Å². The minimum atomic E-state index is -3.40. The largest absolute Gasteiger partial charge is 0.457 e. The van der Waals surface area contributed by atoms with E-state index in [2.05, 4.69) is 9.71 Å². The van der Waals surface area contributed by atoms with Crippen LogP contribution in [0.15, 0.2) is 60.8 Å². The number of hydrogen-bond acceptors (Lipinski definition) is 4. The summed E-state index contributed by atoms with van der Waals surface area (Å²) in [6.07, 6.45) is 2.72. The van der Waals surface area contributed by atoms with Crippen molar-refractivity contribution in [1.29, 1.82) is 0 Å². The Morgan fingerprint density at radius 2 is 1.77 bits per heavy atom. The van der Waals surface area contributed by atoms with Crippen LogP contribution in [0.4, 0.5) is 5.69 Å². The molecule has 0 aliphatic rings. The Morgan fingerprint density at radius 3 is 2.50 bits per heavy atom. The first-order valence-corrected chi connectivity index (χ1v) is 8.50. The number of fused-ring (bicyclic) bond motifs is 1. The number of sulfonamides is 1. The number of rotatable bonds is 4. The molecular formula is C16H14N2O3S. The topological polar surface area (TPSA) is 68.3 Å². The Balaban J connectivity index is 2.08. The molecule has 3 rings (SSSR count). The summed E-state index contributed by atoms with van der Waals surface area (Å²) in [7, 11) is -3.40. The van der Waals surface area contributed by atoms with E-state index in [4.69, 9.17) is 4.74 Å². The number of anilines is 1. The van der Waals surface area contributed by atoms with Gasteiger partial charge in [0.25, 0.3) is 0 Å². The normalized spacial score (nSPS) is 11.3. The highest BCUT2D eigenvalue weighted by atomic mass is 32.2. The quantitative estimate of drug-likeness (QED) is 0.801. The molecule has 0 amide bonds. The van der Waals surface area contributed by atoms with Crippen LogP contribution in [0, 0.1) is 0 Å². The molecule has 1 N–H and O–H groups in total. The molecule has 0 spiro atoms. The number of aromatic nitrogens is 1. The summed E-state index contributed by atoms with van der Waals surface area (Å²) in [5.41, 5.74) is 0.972.